The first-order valence-corrected chi connectivity index (χ1v) is 5.32. The summed E-state index contributed by atoms with van der Waals surface area (Å²) in [5, 5.41) is 0.115. The van der Waals surface area contributed by atoms with Crippen molar-refractivity contribution in [1.29, 1.82) is 0 Å². The largest absolute Gasteiger partial charge is 0.320 e. The molecular formula is C13H12Cl2FN. The highest BCUT2D eigenvalue weighted by molar-refractivity contribution is 6.30. The molecule has 1 atom stereocenters. The van der Waals surface area contributed by atoms with Crippen LogP contribution in [-0.2, 0) is 0 Å². The normalized spacial score (nSPS) is 11.7. The van der Waals surface area contributed by atoms with Gasteiger partial charge in [0.1, 0.15) is 5.82 Å². The van der Waals surface area contributed by atoms with Crippen LogP contribution in [0.2, 0.25) is 5.02 Å². The molecule has 0 amide bonds. The van der Waals surface area contributed by atoms with Crippen LogP contribution >= 0.6 is 24.0 Å². The van der Waals surface area contributed by atoms with Crippen molar-refractivity contribution in [1.82, 2.24) is 0 Å². The van der Waals surface area contributed by atoms with E-state index in [2.05, 4.69) is 0 Å². The van der Waals surface area contributed by atoms with E-state index in [0.29, 0.717) is 5.56 Å². The quantitative estimate of drug-likeness (QED) is 0.880. The summed E-state index contributed by atoms with van der Waals surface area (Å²) in [6, 6.07) is 13.9. The van der Waals surface area contributed by atoms with Crippen molar-refractivity contribution in [2.75, 3.05) is 0 Å². The minimum Gasteiger partial charge on any atom is -0.320 e. The van der Waals surface area contributed by atoms with Crippen LogP contribution in [0, 0.1) is 5.82 Å². The molecule has 0 spiro atoms. The van der Waals surface area contributed by atoms with Crippen LogP contribution in [0.3, 0.4) is 0 Å². The van der Waals surface area contributed by atoms with Gasteiger partial charge in [-0.15, -0.1) is 12.4 Å². The minimum absolute atomic E-state index is 0. The summed E-state index contributed by atoms with van der Waals surface area (Å²) in [5.74, 6) is -0.439. The maximum absolute atomic E-state index is 13.3. The van der Waals surface area contributed by atoms with Gasteiger partial charge >= 0.3 is 0 Å². The minimum atomic E-state index is -0.439. The third-order valence-corrected chi connectivity index (χ3v) is 2.77. The fourth-order valence-corrected chi connectivity index (χ4v) is 1.68. The van der Waals surface area contributed by atoms with Crippen LogP contribution < -0.4 is 5.73 Å². The lowest BCUT2D eigenvalue weighted by Gasteiger charge is -2.12. The molecule has 0 aliphatic rings. The third-order valence-electron chi connectivity index (χ3n) is 2.46. The van der Waals surface area contributed by atoms with E-state index < -0.39 is 5.82 Å². The van der Waals surface area contributed by atoms with Gasteiger partial charge in [-0.3, -0.25) is 0 Å². The predicted octanol–water partition coefficient (Wildman–Crippen LogP) is 3.95. The maximum Gasteiger partial charge on any atom is 0.142 e. The second-order valence-electron chi connectivity index (χ2n) is 3.56. The summed E-state index contributed by atoms with van der Waals surface area (Å²) < 4.78 is 13.3. The average molecular weight is 272 g/mol. The van der Waals surface area contributed by atoms with Crippen molar-refractivity contribution in [2.45, 2.75) is 6.04 Å². The molecule has 2 aromatic rings. The summed E-state index contributed by atoms with van der Waals surface area (Å²) in [5.41, 5.74) is 7.69. The summed E-state index contributed by atoms with van der Waals surface area (Å²) in [6.45, 7) is 0. The first-order chi connectivity index (χ1) is 7.68. The van der Waals surface area contributed by atoms with Crippen LogP contribution in [0.25, 0.3) is 0 Å². The Balaban J connectivity index is 0.00000144. The van der Waals surface area contributed by atoms with Gasteiger partial charge in [0.15, 0.2) is 0 Å². The van der Waals surface area contributed by atoms with Crippen molar-refractivity contribution in [2.24, 2.45) is 5.73 Å². The molecule has 0 saturated carbocycles. The molecule has 2 N–H and O–H groups in total. The Hall–Kier alpha value is -1.09. The van der Waals surface area contributed by atoms with Crippen molar-refractivity contribution >= 4 is 24.0 Å². The molecule has 1 unspecified atom stereocenters. The summed E-state index contributed by atoms with van der Waals surface area (Å²) in [4.78, 5) is 0. The van der Waals surface area contributed by atoms with E-state index >= 15 is 0 Å². The van der Waals surface area contributed by atoms with Gasteiger partial charge in [-0.25, -0.2) is 4.39 Å². The van der Waals surface area contributed by atoms with Gasteiger partial charge in [-0.2, -0.15) is 0 Å². The van der Waals surface area contributed by atoms with Crippen LogP contribution in [-0.4, -0.2) is 0 Å². The summed E-state index contributed by atoms with van der Waals surface area (Å²) >= 11 is 5.62. The first kappa shape index (κ1) is 14.0. The Kier molecular flexibility index (Phi) is 4.94. The van der Waals surface area contributed by atoms with E-state index in [-0.39, 0.29) is 23.5 Å². The maximum atomic E-state index is 13.3. The van der Waals surface area contributed by atoms with E-state index in [4.69, 9.17) is 17.3 Å². The Morgan fingerprint density at radius 3 is 2.24 bits per heavy atom. The summed E-state index contributed by atoms with van der Waals surface area (Å²) in [6.07, 6.45) is 0. The van der Waals surface area contributed by atoms with E-state index in [0.717, 1.165) is 5.56 Å². The van der Waals surface area contributed by atoms with E-state index in [1.54, 1.807) is 6.07 Å². The molecule has 0 fully saturated rings. The number of hydrogen-bond donors (Lipinski definition) is 1. The predicted molar refractivity (Wildman–Crippen MR) is 71.1 cm³/mol. The Morgan fingerprint density at radius 1 is 1.00 bits per heavy atom. The number of hydrogen-bond acceptors (Lipinski definition) is 1. The molecular weight excluding hydrogens is 260 g/mol. The fraction of sp³-hybridized carbons (Fsp3) is 0.0769. The highest BCUT2D eigenvalue weighted by atomic mass is 35.5. The van der Waals surface area contributed by atoms with Crippen molar-refractivity contribution < 1.29 is 4.39 Å². The fourth-order valence-electron chi connectivity index (χ4n) is 1.56. The number of halogens is 3. The molecule has 0 saturated heterocycles. The van der Waals surface area contributed by atoms with Crippen LogP contribution in [0.4, 0.5) is 4.39 Å². The van der Waals surface area contributed by atoms with Gasteiger partial charge in [0.05, 0.1) is 11.1 Å². The van der Waals surface area contributed by atoms with E-state index in [1.165, 1.54) is 12.1 Å². The summed E-state index contributed by atoms with van der Waals surface area (Å²) in [7, 11) is 0. The van der Waals surface area contributed by atoms with Gasteiger partial charge < -0.3 is 5.73 Å². The zero-order valence-electron chi connectivity index (χ0n) is 8.94. The van der Waals surface area contributed by atoms with Gasteiger partial charge in [0.2, 0.25) is 0 Å². The molecule has 2 aromatic carbocycles. The topological polar surface area (TPSA) is 26.0 Å². The molecule has 17 heavy (non-hydrogen) atoms. The standard InChI is InChI=1S/C13H11ClFN.ClH/c14-11-7-6-10(8-12(11)15)13(16)9-4-2-1-3-5-9;/h1-8,13H,16H2;1H. The monoisotopic (exact) mass is 271 g/mol. The van der Waals surface area contributed by atoms with Crippen molar-refractivity contribution in [3.05, 3.63) is 70.5 Å². The van der Waals surface area contributed by atoms with Gasteiger partial charge in [-0.05, 0) is 23.3 Å². The van der Waals surface area contributed by atoms with Crippen molar-refractivity contribution in [3.63, 3.8) is 0 Å². The van der Waals surface area contributed by atoms with E-state index in [9.17, 15) is 4.39 Å². The average Bonchev–Trinajstić information content (AvgIpc) is 2.33. The lowest BCUT2D eigenvalue weighted by atomic mass is 10.00. The van der Waals surface area contributed by atoms with E-state index in [1.807, 2.05) is 30.3 Å². The molecule has 0 heterocycles. The molecule has 0 bridgehead atoms. The zero-order valence-corrected chi connectivity index (χ0v) is 10.5. The lowest BCUT2D eigenvalue weighted by Crippen LogP contribution is -2.11. The SMILES string of the molecule is Cl.NC(c1ccccc1)c1ccc(Cl)c(F)c1. The zero-order chi connectivity index (χ0) is 11.5. The van der Waals surface area contributed by atoms with Gasteiger partial charge in [-0.1, -0.05) is 48.0 Å². The highest BCUT2D eigenvalue weighted by Crippen LogP contribution is 2.23. The molecule has 0 aromatic heterocycles. The second kappa shape index (κ2) is 6.01. The second-order valence-corrected chi connectivity index (χ2v) is 3.97. The third kappa shape index (κ3) is 3.19. The molecule has 90 valence electrons. The molecule has 0 radical (unpaired) electrons. The van der Waals surface area contributed by atoms with Crippen LogP contribution in [0.15, 0.2) is 48.5 Å². The number of rotatable bonds is 2. The van der Waals surface area contributed by atoms with Gasteiger partial charge in [0.25, 0.3) is 0 Å². The molecule has 1 nitrogen and oxygen atoms in total. The number of nitrogens with two attached hydrogens (primary N) is 1. The molecule has 0 aliphatic heterocycles. The Morgan fingerprint density at radius 2 is 1.65 bits per heavy atom. The first-order valence-electron chi connectivity index (χ1n) is 4.94. The lowest BCUT2D eigenvalue weighted by molar-refractivity contribution is 0.624. The highest BCUT2D eigenvalue weighted by Gasteiger charge is 2.10. The van der Waals surface area contributed by atoms with Crippen molar-refractivity contribution in [3.8, 4) is 0 Å². The van der Waals surface area contributed by atoms with Crippen LogP contribution in [0.5, 0.6) is 0 Å². The molecule has 4 heteroatoms. The Labute approximate surface area is 111 Å². The molecule has 2 rings (SSSR count). The van der Waals surface area contributed by atoms with Crippen LogP contribution in [0.1, 0.15) is 17.2 Å². The molecule has 0 aliphatic carbocycles. The smallest absolute Gasteiger partial charge is 0.142 e. The Bertz CT molecular complexity index is 488. The number of benzene rings is 2. The van der Waals surface area contributed by atoms with Gasteiger partial charge in [0, 0.05) is 0 Å².